The van der Waals surface area contributed by atoms with Crippen molar-refractivity contribution in [1.29, 1.82) is 0 Å². The van der Waals surface area contributed by atoms with Crippen molar-refractivity contribution in [2.45, 2.75) is 53.4 Å². The Morgan fingerprint density at radius 1 is 1.27 bits per heavy atom. The summed E-state index contributed by atoms with van der Waals surface area (Å²) in [4.78, 5) is 11.6. The van der Waals surface area contributed by atoms with Crippen LogP contribution in [0.3, 0.4) is 0 Å². The third-order valence-corrected chi connectivity index (χ3v) is 2.26. The van der Waals surface area contributed by atoms with Crippen molar-refractivity contribution in [3.8, 4) is 0 Å². The Bertz CT molecular complexity index is 218. The van der Waals surface area contributed by atoms with E-state index in [4.69, 9.17) is 12.2 Å². The molecule has 0 aliphatic rings. The van der Waals surface area contributed by atoms with Crippen LogP contribution in [0.25, 0.3) is 0 Å². The second-order valence-corrected chi connectivity index (χ2v) is 5.74. The summed E-state index contributed by atoms with van der Waals surface area (Å²) < 4.78 is 0. The molecule has 0 fully saturated rings. The number of nitrogens with one attached hydrogen (secondary N) is 1. The standard InChI is InChI=1S/C12H23NOS/c1-10(14)7-5-6-8-13-11(15)9-12(2,3)4/h5-9H2,1-4H3,(H,13,15). The number of hydrogen-bond acceptors (Lipinski definition) is 2. The minimum absolute atomic E-state index is 0.253. The molecule has 0 aromatic heterocycles. The number of unbranched alkanes of at least 4 members (excludes halogenated alkanes) is 1. The molecule has 0 spiro atoms. The molecule has 0 saturated heterocycles. The molecular formula is C12H23NOS. The Kier molecular flexibility index (Phi) is 6.73. The molecule has 0 saturated carbocycles. The molecule has 0 aliphatic heterocycles. The predicted molar refractivity (Wildman–Crippen MR) is 69.2 cm³/mol. The molecule has 2 nitrogen and oxygen atoms in total. The highest BCUT2D eigenvalue weighted by Crippen LogP contribution is 2.18. The van der Waals surface area contributed by atoms with Crippen molar-refractivity contribution < 1.29 is 4.79 Å². The van der Waals surface area contributed by atoms with Crippen molar-refractivity contribution in [3.63, 3.8) is 0 Å². The summed E-state index contributed by atoms with van der Waals surface area (Å²) in [6, 6.07) is 0. The van der Waals surface area contributed by atoms with Crippen LogP contribution in [0, 0.1) is 5.41 Å². The monoisotopic (exact) mass is 229 g/mol. The third-order valence-electron chi connectivity index (χ3n) is 1.97. The molecule has 1 N–H and O–H groups in total. The van der Waals surface area contributed by atoms with Crippen LogP contribution in [0.1, 0.15) is 53.4 Å². The Hall–Kier alpha value is -0.440. The summed E-state index contributed by atoms with van der Waals surface area (Å²) in [5, 5.41) is 3.23. The van der Waals surface area contributed by atoms with Crippen LogP contribution in [-0.2, 0) is 4.79 Å². The number of hydrogen-bond donors (Lipinski definition) is 1. The molecule has 88 valence electrons. The Morgan fingerprint density at radius 2 is 1.87 bits per heavy atom. The highest BCUT2D eigenvalue weighted by atomic mass is 32.1. The topological polar surface area (TPSA) is 29.1 Å². The average molecular weight is 229 g/mol. The molecule has 0 aromatic rings. The highest BCUT2D eigenvalue weighted by molar-refractivity contribution is 7.80. The van der Waals surface area contributed by atoms with Gasteiger partial charge in [-0.25, -0.2) is 0 Å². The van der Waals surface area contributed by atoms with Crippen molar-refractivity contribution in [1.82, 2.24) is 5.32 Å². The molecule has 0 atom stereocenters. The van der Waals surface area contributed by atoms with E-state index in [0.29, 0.717) is 6.42 Å². The van der Waals surface area contributed by atoms with E-state index in [1.54, 1.807) is 6.92 Å². The lowest BCUT2D eigenvalue weighted by Gasteiger charge is -2.19. The normalized spacial score (nSPS) is 11.2. The maximum Gasteiger partial charge on any atom is 0.129 e. The Morgan fingerprint density at radius 3 is 2.33 bits per heavy atom. The largest absolute Gasteiger partial charge is 0.380 e. The van der Waals surface area contributed by atoms with Crippen LogP contribution in [0.5, 0.6) is 0 Å². The fraction of sp³-hybridized carbons (Fsp3) is 0.833. The Balaban J connectivity index is 3.44. The molecule has 3 heteroatoms. The van der Waals surface area contributed by atoms with Crippen molar-refractivity contribution >= 4 is 23.0 Å². The van der Waals surface area contributed by atoms with Crippen LogP contribution < -0.4 is 5.32 Å². The van der Waals surface area contributed by atoms with Gasteiger partial charge in [-0.05, 0) is 25.2 Å². The fourth-order valence-corrected chi connectivity index (χ4v) is 1.81. The predicted octanol–water partition coefficient (Wildman–Crippen LogP) is 3.10. The van der Waals surface area contributed by atoms with Crippen LogP contribution in [-0.4, -0.2) is 17.3 Å². The zero-order chi connectivity index (χ0) is 11.9. The van der Waals surface area contributed by atoms with Gasteiger partial charge in [0.1, 0.15) is 5.78 Å². The zero-order valence-corrected chi connectivity index (χ0v) is 11.2. The summed E-state index contributed by atoms with van der Waals surface area (Å²) in [7, 11) is 0. The quantitative estimate of drug-likeness (QED) is 0.560. The lowest BCUT2D eigenvalue weighted by molar-refractivity contribution is -0.117. The second-order valence-electron chi connectivity index (χ2n) is 5.25. The number of ketones is 1. The van der Waals surface area contributed by atoms with Gasteiger partial charge in [0.15, 0.2) is 0 Å². The van der Waals surface area contributed by atoms with Gasteiger partial charge in [0.05, 0.1) is 4.99 Å². The fourth-order valence-electron chi connectivity index (χ4n) is 1.27. The number of Topliss-reactive ketones (excluding diaryl/α,β-unsaturated/α-hetero) is 1. The third kappa shape index (κ3) is 11.5. The van der Waals surface area contributed by atoms with E-state index in [9.17, 15) is 4.79 Å². The Labute approximate surface area is 98.8 Å². The van der Waals surface area contributed by atoms with Gasteiger partial charge in [-0.2, -0.15) is 0 Å². The second kappa shape index (κ2) is 6.94. The smallest absolute Gasteiger partial charge is 0.129 e. The minimum atomic E-state index is 0.253. The number of rotatable bonds is 6. The van der Waals surface area contributed by atoms with E-state index in [1.807, 2.05) is 0 Å². The first-order valence-corrected chi connectivity index (χ1v) is 5.98. The highest BCUT2D eigenvalue weighted by Gasteiger charge is 2.12. The zero-order valence-electron chi connectivity index (χ0n) is 10.4. The summed E-state index contributed by atoms with van der Waals surface area (Å²) >= 11 is 5.23. The molecule has 0 bridgehead atoms. The number of thiocarbonyl (C=S) groups is 1. The minimum Gasteiger partial charge on any atom is -0.380 e. The van der Waals surface area contributed by atoms with E-state index in [-0.39, 0.29) is 11.2 Å². The maximum atomic E-state index is 10.7. The number of carbonyl (C=O) groups is 1. The summed E-state index contributed by atoms with van der Waals surface area (Å²) in [6.07, 6.45) is 3.59. The van der Waals surface area contributed by atoms with Crippen molar-refractivity contribution in [3.05, 3.63) is 0 Å². The van der Waals surface area contributed by atoms with Gasteiger partial charge in [-0.1, -0.05) is 33.0 Å². The molecule has 0 aromatic carbocycles. The van der Waals surface area contributed by atoms with Gasteiger partial charge < -0.3 is 10.1 Å². The van der Waals surface area contributed by atoms with E-state index < -0.39 is 0 Å². The molecule has 0 amide bonds. The van der Waals surface area contributed by atoms with Crippen LogP contribution >= 0.6 is 12.2 Å². The van der Waals surface area contributed by atoms with Gasteiger partial charge in [0.25, 0.3) is 0 Å². The molecule has 0 rings (SSSR count). The average Bonchev–Trinajstić information content (AvgIpc) is 1.99. The van der Waals surface area contributed by atoms with Gasteiger partial charge >= 0.3 is 0 Å². The first kappa shape index (κ1) is 14.6. The van der Waals surface area contributed by atoms with E-state index in [1.165, 1.54) is 0 Å². The first-order valence-electron chi connectivity index (χ1n) is 5.57. The molecule has 0 radical (unpaired) electrons. The van der Waals surface area contributed by atoms with Gasteiger partial charge in [0.2, 0.25) is 0 Å². The van der Waals surface area contributed by atoms with Crippen LogP contribution in [0.2, 0.25) is 0 Å². The van der Waals surface area contributed by atoms with Crippen LogP contribution in [0.4, 0.5) is 0 Å². The molecule has 0 heterocycles. The molecule has 0 unspecified atom stereocenters. The summed E-state index contributed by atoms with van der Waals surface area (Å²) in [5.41, 5.74) is 0.253. The lowest BCUT2D eigenvalue weighted by Crippen LogP contribution is -2.26. The van der Waals surface area contributed by atoms with E-state index in [2.05, 4.69) is 26.1 Å². The SMILES string of the molecule is CC(=O)CCCCNC(=S)CC(C)(C)C. The molecule has 15 heavy (non-hydrogen) atoms. The summed E-state index contributed by atoms with van der Waals surface area (Å²) in [6.45, 7) is 9.06. The molecular weight excluding hydrogens is 206 g/mol. The summed E-state index contributed by atoms with van der Waals surface area (Å²) in [5.74, 6) is 0.271. The first-order chi connectivity index (χ1) is 6.81. The number of carbonyl (C=O) groups excluding carboxylic acids is 1. The van der Waals surface area contributed by atoms with E-state index in [0.717, 1.165) is 30.8 Å². The van der Waals surface area contributed by atoms with Gasteiger partial charge in [-0.15, -0.1) is 0 Å². The van der Waals surface area contributed by atoms with Gasteiger partial charge in [-0.3, -0.25) is 0 Å². The lowest BCUT2D eigenvalue weighted by atomic mass is 9.92. The van der Waals surface area contributed by atoms with Crippen molar-refractivity contribution in [2.75, 3.05) is 6.54 Å². The van der Waals surface area contributed by atoms with Crippen LogP contribution in [0.15, 0.2) is 0 Å². The maximum absolute atomic E-state index is 10.7. The van der Waals surface area contributed by atoms with E-state index >= 15 is 0 Å². The van der Waals surface area contributed by atoms with Gasteiger partial charge in [0, 0.05) is 19.4 Å². The van der Waals surface area contributed by atoms with Crippen molar-refractivity contribution in [2.24, 2.45) is 5.41 Å². The molecule has 0 aliphatic carbocycles.